The molecule has 0 aliphatic carbocycles. The Morgan fingerprint density at radius 1 is 1.65 bits per heavy atom. The van der Waals surface area contributed by atoms with Crippen LogP contribution in [0, 0.1) is 17.0 Å². The molecule has 0 radical (unpaired) electrons. The van der Waals surface area contributed by atoms with Crippen LogP contribution >= 0.6 is 0 Å². The average Bonchev–Trinajstić information content (AvgIpc) is 2.81. The lowest BCUT2D eigenvalue weighted by atomic mass is 10.2. The Morgan fingerprint density at radius 2 is 2.41 bits per heavy atom. The smallest absolute Gasteiger partial charge is 0.277 e. The van der Waals surface area contributed by atoms with Crippen LogP contribution in [0.25, 0.3) is 0 Å². The van der Waals surface area contributed by atoms with Crippen LogP contribution in [0.4, 0.5) is 11.5 Å². The van der Waals surface area contributed by atoms with Gasteiger partial charge in [-0.2, -0.15) is 0 Å². The lowest BCUT2D eigenvalue weighted by molar-refractivity contribution is -0.385. The van der Waals surface area contributed by atoms with E-state index in [1.165, 1.54) is 0 Å². The molecule has 6 heteroatoms. The molecule has 0 spiro atoms. The Morgan fingerprint density at radius 3 is 3.00 bits per heavy atom. The topological polar surface area (TPSA) is 71.3 Å². The fourth-order valence-corrected chi connectivity index (χ4v) is 2.05. The van der Waals surface area contributed by atoms with Gasteiger partial charge in [0.15, 0.2) is 0 Å². The van der Waals surface area contributed by atoms with E-state index < -0.39 is 0 Å². The maximum absolute atomic E-state index is 10.9. The SMILES string of the molecule is Cc1cnc(N(C)C2CCNC2)cc1[N+](=O)[O-]. The minimum atomic E-state index is -0.360. The molecule has 92 valence electrons. The molecular weight excluding hydrogens is 220 g/mol. The van der Waals surface area contributed by atoms with Crippen LogP contribution in [0.3, 0.4) is 0 Å². The quantitative estimate of drug-likeness (QED) is 0.628. The fraction of sp³-hybridized carbons (Fsp3) is 0.545. The highest BCUT2D eigenvalue weighted by Crippen LogP contribution is 2.23. The van der Waals surface area contributed by atoms with E-state index >= 15 is 0 Å². The van der Waals surface area contributed by atoms with Crippen molar-refractivity contribution < 1.29 is 4.92 Å². The molecule has 0 bridgehead atoms. The number of aryl methyl sites for hydroxylation is 1. The van der Waals surface area contributed by atoms with Gasteiger partial charge in [0, 0.05) is 31.4 Å². The summed E-state index contributed by atoms with van der Waals surface area (Å²) in [5.74, 6) is 0.663. The van der Waals surface area contributed by atoms with Crippen LogP contribution in [-0.2, 0) is 0 Å². The molecule has 1 aliphatic heterocycles. The number of nitrogens with one attached hydrogen (secondary N) is 1. The Kier molecular flexibility index (Phi) is 3.23. The highest BCUT2D eigenvalue weighted by atomic mass is 16.6. The molecule has 1 aromatic heterocycles. The van der Waals surface area contributed by atoms with Crippen molar-refractivity contribution in [1.82, 2.24) is 10.3 Å². The Bertz CT molecular complexity index is 429. The molecule has 1 atom stereocenters. The number of hydrogen-bond acceptors (Lipinski definition) is 5. The van der Waals surface area contributed by atoms with Gasteiger partial charge < -0.3 is 10.2 Å². The Hall–Kier alpha value is -1.69. The number of nitro groups is 1. The van der Waals surface area contributed by atoms with Crippen molar-refractivity contribution >= 4 is 11.5 Å². The summed E-state index contributed by atoms with van der Waals surface area (Å²) in [6.45, 7) is 3.59. The Balaban J connectivity index is 2.26. The van der Waals surface area contributed by atoms with Crippen LogP contribution in [0.2, 0.25) is 0 Å². The molecule has 0 aromatic carbocycles. The maximum Gasteiger partial charge on any atom is 0.277 e. The van der Waals surface area contributed by atoms with Crippen molar-refractivity contribution in [2.45, 2.75) is 19.4 Å². The lowest BCUT2D eigenvalue weighted by Gasteiger charge is -2.24. The molecule has 1 aliphatic rings. The molecule has 2 heterocycles. The zero-order chi connectivity index (χ0) is 12.4. The Labute approximate surface area is 99.8 Å². The van der Waals surface area contributed by atoms with E-state index in [1.807, 2.05) is 11.9 Å². The van der Waals surface area contributed by atoms with Gasteiger partial charge in [0.1, 0.15) is 5.82 Å². The molecule has 2 rings (SSSR count). The number of anilines is 1. The third-order valence-electron chi connectivity index (χ3n) is 3.20. The zero-order valence-corrected chi connectivity index (χ0v) is 10.0. The van der Waals surface area contributed by atoms with Gasteiger partial charge in [0.2, 0.25) is 0 Å². The highest BCUT2D eigenvalue weighted by molar-refractivity contribution is 5.50. The van der Waals surface area contributed by atoms with Gasteiger partial charge in [-0.25, -0.2) is 4.98 Å². The van der Waals surface area contributed by atoms with Gasteiger partial charge in [-0.15, -0.1) is 0 Å². The van der Waals surface area contributed by atoms with Gasteiger partial charge in [-0.05, 0) is 19.9 Å². The van der Waals surface area contributed by atoms with Crippen LogP contribution in [0.5, 0.6) is 0 Å². The third kappa shape index (κ3) is 2.36. The molecule has 1 saturated heterocycles. The monoisotopic (exact) mass is 236 g/mol. The van der Waals surface area contributed by atoms with Crippen LogP contribution < -0.4 is 10.2 Å². The first-order chi connectivity index (χ1) is 8.09. The van der Waals surface area contributed by atoms with Gasteiger partial charge in [0.25, 0.3) is 5.69 Å². The van der Waals surface area contributed by atoms with Crippen molar-refractivity contribution in [2.24, 2.45) is 0 Å². The molecule has 1 unspecified atom stereocenters. The summed E-state index contributed by atoms with van der Waals surface area (Å²) in [5, 5.41) is 14.1. The van der Waals surface area contributed by atoms with Crippen LogP contribution in [0.15, 0.2) is 12.3 Å². The largest absolute Gasteiger partial charge is 0.355 e. The number of hydrogen-bond donors (Lipinski definition) is 1. The van der Waals surface area contributed by atoms with Crippen molar-refractivity contribution in [1.29, 1.82) is 0 Å². The van der Waals surface area contributed by atoms with Crippen LogP contribution in [-0.4, -0.2) is 36.1 Å². The lowest BCUT2D eigenvalue weighted by Crippen LogP contribution is -2.33. The van der Waals surface area contributed by atoms with Crippen molar-refractivity contribution in [2.75, 3.05) is 25.0 Å². The number of likely N-dealkylation sites (N-methyl/N-ethyl adjacent to an activating group) is 1. The van der Waals surface area contributed by atoms with E-state index in [0.717, 1.165) is 19.5 Å². The number of nitrogens with zero attached hydrogens (tertiary/aromatic N) is 3. The van der Waals surface area contributed by atoms with E-state index in [-0.39, 0.29) is 10.6 Å². The summed E-state index contributed by atoms with van der Waals surface area (Å²) < 4.78 is 0. The molecule has 1 aromatic rings. The van der Waals surface area contributed by atoms with Crippen LogP contribution in [0.1, 0.15) is 12.0 Å². The normalized spacial score (nSPS) is 19.3. The third-order valence-corrected chi connectivity index (χ3v) is 3.20. The summed E-state index contributed by atoms with van der Waals surface area (Å²) >= 11 is 0. The van der Waals surface area contributed by atoms with Gasteiger partial charge in [-0.3, -0.25) is 10.1 Å². The summed E-state index contributed by atoms with van der Waals surface area (Å²) in [6, 6.07) is 1.91. The first-order valence-electron chi connectivity index (χ1n) is 5.64. The summed E-state index contributed by atoms with van der Waals surface area (Å²) in [5.41, 5.74) is 0.726. The van der Waals surface area contributed by atoms with Gasteiger partial charge >= 0.3 is 0 Å². The minimum Gasteiger partial charge on any atom is -0.355 e. The first-order valence-corrected chi connectivity index (χ1v) is 5.64. The van der Waals surface area contributed by atoms with E-state index in [9.17, 15) is 10.1 Å². The second kappa shape index (κ2) is 4.67. The van der Waals surface area contributed by atoms with Gasteiger partial charge in [-0.1, -0.05) is 0 Å². The second-order valence-corrected chi connectivity index (χ2v) is 4.34. The number of pyridine rings is 1. The molecule has 1 fully saturated rings. The predicted octanol–water partition coefficient (Wildman–Crippen LogP) is 1.10. The molecule has 0 amide bonds. The van der Waals surface area contributed by atoms with E-state index in [4.69, 9.17) is 0 Å². The van der Waals surface area contributed by atoms with E-state index in [0.29, 0.717) is 17.4 Å². The molecule has 1 N–H and O–H groups in total. The molecular formula is C11H16N4O2. The highest BCUT2D eigenvalue weighted by Gasteiger charge is 2.22. The summed E-state index contributed by atoms with van der Waals surface area (Å²) in [4.78, 5) is 16.8. The number of aromatic nitrogens is 1. The van der Waals surface area contributed by atoms with Gasteiger partial charge in [0.05, 0.1) is 11.0 Å². The molecule has 6 nitrogen and oxygen atoms in total. The second-order valence-electron chi connectivity index (χ2n) is 4.34. The summed E-state index contributed by atoms with van der Waals surface area (Å²) in [6.07, 6.45) is 2.60. The molecule has 0 saturated carbocycles. The van der Waals surface area contributed by atoms with E-state index in [2.05, 4.69) is 10.3 Å². The summed E-state index contributed by atoms with van der Waals surface area (Å²) in [7, 11) is 1.93. The minimum absolute atomic E-state index is 0.132. The predicted molar refractivity (Wildman–Crippen MR) is 65.3 cm³/mol. The average molecular weight is 236 g/mol. The van der Waals surface area contributed by atoms with Crippen molar-refractivity contribution in [3.63, 3.8) is 0 Å². The van der Waals surface area contributed by atoms with Crippen molar-refractivity contribution in [3.8, 4) is 0 Å². The first kappa shape index (κ1) is 11.8. The fourth-order valence-electron chi connectivity index (χ4n) is 2.05. The zero-order valence-electron chi connectivity index (χ0n) is 10.0. The van der Waals surface area contributed by atoms with Crippen molar-refractivity contribution in [3.05, 3.63) is 27.9 Å². The standard InChI is InChI=1S/C11H16N4O2/c1-8-6-13-11(5-10(8)15(16)17)14(2)9-3-4-12-7-9/h5-6,9,12H,3-4,7H2,1-2H3. The maximum atomic E-state index is 10.9. The number of rotatable bonds is 3. The van der Waals surface area contributed by atoms with E-state index in [1.54, 1.807) is 19.2 Å². The molecule has 17 heavy (non-hydrogen) atoms.